The molecule has 0 aliphatic rings. The van der Waals surface area contributed by atoms with Gasteiger partial charge in [0.1, 0.15) is 0 Å². The Kier molecular flexibility index (Phi) is 4.47. The third-order valence-corrected chi connectivity index (χ3v) is 2.46. The molecule has 0 heterocycles. The van der Waals surface area contributed by atoms with E-state index in [0.717, 1.165) is 25.1 Å². The quantitative estimate of drug-likeness (QED) is 0.703. The summed E-state index contributed by atoms with van der Waals surface area (Å²) >= 11 is 0. The number of benzene rings is 1. The molecule has 0 saturated carbocycles. The third-order valence-electron chi connectivity index (χ3n) is 2.46. The molecule has 1 aromatic rings. The van der Waals surface area contributed by atoms with Crippen molar-refractivity contribution in [1.29, 1.82) is 0 Å². The number of nitrogen functional groups attached to an aromatic ring is 1. The fraction of sp³-hybridized carbons (Fsp3) is 0.500. The van der Waals surface area contributed by atoms with Crippen LogP contribution in [0.15, 0.2) is 24.3 Å². The molecule has 0 aliphatic heterocycles. The Morgan fingerprint density at radius 3 is 2.43 bits per heavy atom. The summed E-state index contributed by atoms with van der Waals surface area (Å²) in [7, 11) is 0. The minimum atomic E-state index is 0.710. The van der Waals surface area contributed by atoms with Gasteiger partial charge in [-0.05, 0) is 49.4 Å². The first kappa shape index (κ1) is 11.1. The summed E-state index contributed by atoms with van der Waals surface area (Å²) in [6.07, 6.45) is 3.46. The molecule has 0 aromatic heterocycles. The summed E-state index contributed by atoms with van der Waals surface area (Å²) < 4.78 is 0. The van der Waals surface area contributed by atoms with Crippen LogP contribution in [0.4, 0.5) is 5.69 Å². The lowest BCUT2D eigenvalue weighted by atomic mass is 9.96. The second-order valence-electron chi connectivity index (χ2n) is 3.98. The Hall–Kier alpha value is -1.02. The van der Waals surface area contributed by atoms with E-state index in [1.54, 1.807) is 0 Å². The standard InChI is InChI=1S/C12H20N2/c1-10(3-2-8-13)9-11-4-6-12(14)7-5-11/h4-7,10H,2-3,8-9,13-14H2,1H3/t10-/m1/s1. The Bertz CT molecular complexity index is 254. The first-order valence-electron chi connectivity index (χ1n) is 5.27. The molecule has 4 N–H and O–H groups in total. The highest BCUT2D eigenvalue weighted by molar-refractivity contribution is 5.39. The number of hydrogen-bond donors (Lipinski definition) is 2. The SMILES string of the molecule is C[C@H](CCCN)Cc1ccc(N)cc1. The van der Waals surface area contributed by atoms with Gasteiger partial charge in [0.05, 0.1) is 0 Å². The Labute approximate surface area is 86.3 Å². The molecule has 0 radical (unpaired) electrons. The van der Waals surface area contributed by atoms with E-state index in [1.165, 1.54) is 12.0 Å². The van der Waals surface area contributed by atoms with Crippen molar-refractivity contribution < 1.29 is 0 Å². The van der Waals surface area contributed by atoms with Crippen LogP contribution in [0, 0.1) is 5.92 Å². The van der Waals surface area contributed by atoms with Crippen LogP contribution in [0.1, 0.15) is 25.3 Å². The van der Waals surface area contributed by atoms with Gasteiger partial charge in [-0.1, -0.05) is 19.1 Å². The van der Waals surface area contributed by atoms with Crippen LogP contribution in [0.25, 0.3) is 0 Å². The fourth-order valence-electron chi connectivity index (χ4n) is 1.62. The summed E-state index contributed by atoms with van der Waals surface area (Å²) in [6, 6.07) is 8.14. The van der Waals surface area contributed by atoms with Gasteiger partial charge in [0.25, 0.3) is 0 Å². The molecule has 2 heteroatoms. The first-order chi connectivity index (χ1) is 6.72. The second-order valence-corrected chi connectivity index (χ2v) is 3.98. The monoisotopic (exact) mass is 192 g/mol. The first-order valence-corrected chi connectivity index (χ1v) is 5.27. The van der Waals surface area contributed by atoms with Gasteiger partial charge in [0.2, 0.25) is 0 Å². The zero-order valence-corrected chi connectivity index (χ0v) is 8.87. The molecular weight excluding hydrogens is 172 g/mol. The van der Waals surface area contributed by atoms with Crippen molar-refractivity contribution in [2.45, 2.75) is 26.2 Å². The van der Waals surface area contributed by atoms with Crippen molar-refractivity contribution in [2.24, 2.45) is 11.7 Å². The molecule has 0 fully saturated rings. The van der Waals surface area contributed by atoms with E-state index in [4.69, 9.17) is 11.5 Å². The Morgan fingerprint density at radius 2 is 1.86 bits per heavy atom. The third kappa shape index (κ3) is 3.79. The van der Waals surface area contributed by atoms with E-state index in [0.29, 0.717) is 5.92 Å². The van der Waals surface area contributed by atoms with Crippen molar-refractivity contribution in [3.8, 4) is 0 Å². The predicted molar refractivity (Wildman–Crippen MR) is 62.0 cm³/mol. The average Bonchev–Trinajstić information content (AvgIpc) is 2.18. The highest BCUT2D eigenvalue weighted by Crippen LogP contribution is 2.14. The van der Waals surface area contributed by atoms with Gasteiger partial charge >= 0.3 is 0 Å². The maximum Gasteiger partial charge on any atom is 0.0314 e. The van der Waals surface area contributed by atoms with Crippen LogP contribution in [0.3, 0.4) is 0 Å². The average molecular weight is 192 g/mol. The van der Waals surface area contributed by atoms with E-state index >= 15 is 0 Å². The molecule has 0 spiro atoms. The smallest absolute Gasteiger partial charge is 0.0314 e. The largest absolute Gasteiger partial charge is 0.399 e. The molecule has 0 amide bonds. The van der Waals surface area contributed by atoms with Crippen molar-refractivity contribution in [1.82, 2.24) is 0 Å². The maximum absolute atomic E-state index is 5.62. The zero-order chi connectivity index (χ0) is 10.4. The topological polar surface area (TPSA) is 52.0 Å². The van der Waals surface area contributed by atoms with Crippen LogP contribution in [0.5, 0.6) is 0 Å². The van der Waals surface area contributed by atoms with Crippen LogP contribution >= 0.6 is 0 Å². The molecular formula is C12H20N2. The van der Waals surface area contributed by atoms with Crippen LogP contribution in [0.2, 0.25) is 0 Å². The molecule has 78 valence electrons. The van der Waals surface area contributed by atoms with E-state index in [-0.39, 0.29) is 0 Å². The lowest BCUT2D eigenvalue weighted by molar-refractivity contribution is 0.512. The van der Waals surface area contributed by atoms with Crippen molar-refractivity contribution in [3.05, 3.63) is 29.8 Å². The molecule has 1 aromatic carbocycles. The van der Waals surface area contributed by atoms with Gasteiger partial charge in [0, 0.05) is 5.69 Å². The van der Waals surface area contributed by atoms with Gasteiger partial charge in [-0.2, -0.15) is 0 Å². The van der Waals surface area contributed by atoms with E-state index in [2.05, 4.69) is 19.1 Å². The Morgan fingerprint density at radius 1 is 1.21 bits per heavy atom. The predicted octanol–water partition coefficient (Wildman–Crippen LogP) is 2.19. The summed E-state index contributed by atoms with van der Waals surface area (Å²) in [5.74, 6) is 0.710. The molecule has 0 saturated heterocycles. The van der Waals surface area contributed by atoms with Gasteiger partial charge in [-0.15, -0.1) is 0 Å². The van der Waals surface area contributed by atoms with Crippen molar-refractivity contribution in [3.63, 3.8) is 0 Å². The van der Waals surface area contributed by atoms with Gasteiger partial charge in [-0.25, -0.2) is 0 Å². The number of nitrogens with two attached hydrogens (primary N) is 2. The summed E-state index contributed by atoms with van der Waals surface area (Å²) in [5, 5.41) is 0. The molecule has 0 bridgehead atoms. The molecule has 2 nitrogen and oxygen atoms in total. The molecule has 14 heavy (non-hydrogen) atoms. The lowest BCUT2D eigenvalue weighted by Gasteiger charge is -2.10. The number of hydrogen-bond acceptors (Lipinski definition) is 2. The summed E-state index contributed by atoms with van der Waals surface area (Å²) in [5.41, 5.74) is 13.3. The van der Waals surface area contributed by atoms with Crippen molar-refractivity contribution >= 4 is 5.69 Å². The van der Waals surface area contributed by atoms with Gasteiger partial charge in [0.15, 0.2) is 0 Å². The van der Waals surface area contributed by atoms with Crippen LogP contribution < -0.4 is 11.5 Å². The van der Waals surface area contributed by atoms with Crippen LogP contribution in [-0.2, 0) is 6.42 Å². The van der Waals surface area contributed by atoms with E-state index in [1.807, 2.05) is 12.1 Å². The fourth-order valence-corrected chi connectivity index (χ4v) is 1.62. The van der Waals surface area contributed by atoms with Gasteiger partial charge in [-0.3, -0.25) is 0 Å². The minimum Gasteiger partial charge on any atom is -0.399 e. The molecule has 1 rings (SSSR count). The number of rotatable bonds is 5. The normalized spacial score (nSPS) is 12.7. The Balaban J connectivity index is 2.39. The summed E-state index contributed by atoms with van der Waals surface area (Å²) in [4.78, 5) is 0. The maximum atomic E-state index is 5.62. The molecule has 0 aliphatic carbocycles. The van der Waals surface area contributed by atoms with Crippen LogP contribution in [-0.4, -0.2) is 6.54 Å². The van der Waals surface area contributed by atoms with Gasteiger partial charge < -0.3 is 11.5 Å². The lowest BCUT2D eigenvalue weighted by Crippen LogP contribution is -2.05. The molecule has 0 unspecified atom stereocenters. The van der Waals surface area contributed by atoms with Crippen molar-refractivity contribution in [2.75, 3.05) is 12.3 Å². The highest BCUT2D eigenvalue weighted by Gasteiger charge is 2.02. The second kappa shape index (κ2) is 5.66. The molecule has 1 atom stereocenters. The van der Waals surface area contributed by atoms with E-state index < -0.39 is 0 Å². The minimum absolute atomic E-state index is 0.710. The summed E-state index contributed by atoms with van der Waals surface area (Å²) in [6.45, 7) is 3.07. The number of anilines is 1. The van der Waals surface area contributed by atoms with E-state index in [9.17, 15) is 0 Å². The highest BCUT2D eigenvalue weighted by atomic mass is 14.5. The zero-order valence-electron chi connectivity index (χ0n) is 8.87.